The molecule has 2 heterocycles. The average molecular weight is 603 g/mol. The maximum absolute atomic E-state index is 14.1. The molecule has 0 unspecified atom stereocenters. The van der Waals surface area contributed by atoms with Gasteiger partial charge in [0.25, 0.3) is 0 Å². The summed E-state index contributed by atoms with van der Waals surface area (Å²) in [5.41, 5.74) is 3.36. The van der Waals surface area contributed by atoms with Crippen molar-refractivity contribution in [1.29, 1.82) is 0 Å². The number of nitrogens with zero attached hydrogens (tertiary/aromatic N) is 2. The van der Waals surface area contributed by atoms with Gasteiger partial charge in [-0.25, -0.2) is 4.79 Å². The number of fused-ring (bicyclic) bond motifs is 3. The van der Waals surface area contributed by atoms with Crippen LogP contribution in [0.3, 0.4) is 0 Å². The van der Waals surface area contributed by atoms with Crippen molar-refractivity contribution in [2.75, 3.05) is 4.90 Å². The second-order valence-electron chi connectivity index (χ2n) is 13.3. The molecule has 5 atom stereocenters. The number of anilines is 1. The molecule has 0 saturated carbocycles. The van der Waals surface area contributed by atoms with E-state index < -0.39 is 26.2 Å². The first-order chi connectivity index (χ1) is 20.5. The molecule has 2 aromatic rings. The number of hydrogen-bond acceptors (Lipinski definition) is 5. The van der Waals surface area contributed by atoms with E-state index in [1.54, 1.807) is 17.0 Å². The summed E-state index contributed by atoms with van der Waals surface area (Å²) >= 11 is 0. The Hall–Kier alpha value is -3.23. The molecule has 1 aliphatic carbocycles. The van der Waals surface area contributed by atoms with Gasteiger partial charge in [0.2, 0.25) is 20.1 Å². The van der Waals surface area contributed by atoms with E-state index in [2.05, 4.69) is 41.5 Å². The molecule has 230 valence electrons. The maximum atomic E-state index is 14.1. The van der Waals surface area contributed by atoms with Crippen LogP contribution < -0.4 is 4.90 Å². The van der Waals surface area contributed by atoms with E-state index in [1.165, 1.54) is 4.90 Å². The largest absolute Gasteiger partial charge is 0.444 e. The number of piperidine rings is 1. The van der Waals surface area contributed by atoms with Gasteiger partial charge in [0.1, 0.15) is 6.61 Å². The topological polar surface area (TPSA) is 76.2 Å². The summed E-state index contributed by atoms with van der Waals surface area (Å²) in [7, 11) is -2.34. The molecule has 2 aliphatic heterocycles. The van der Waals surface area contributed by atoms with Crippen molar-refractivity contribution in [2.45, 2.75) is 96.7 Å². The van der Waals surface area contributed by atoms with Crippen LogP contribution in [0.5, 0.6) is 0 Å². The number of amides is 3. The molecule has 3 aliphatic rings. The fourth-order valence-corrected chi connectivity index (χ4v) is 13.8. The van der Waals surface area contributed by atoms with Crippen LogP contribution in [0.2, 0.25) is 16.6 Å². The zero-order valence-electron chi connectivity index (χ0n) is 26.5. The number of benzene rings is 2. The van der Waals surface area contributed by atoms with Crippen LogP contribution in [0.15, 0.2) is 72.4 Å². The molecule has 2 saturated heterocycles. The molecule has 0 aromatic heterocycles. The molecular formula is C35H46N2O5Si. The molecule has 0 spiro atoms. The Morgan fingerprint density at radius 1 is 0.860 bits per heavy atom. The predicted molar refractivity (Wildman–Crippen MR) is 171 cm³/mol. The molecular weight excluding hydrogens is 556 g/mol. The number of para-hydroxylation sites is 1. The summed E-state index contributed by atoms with van der Waals surface area (Å²) in [4.78, 5) is 44.8. The second kappa shape index (κ2) is 12.4. The lowest BCUT2D eigenvalue weighted by Gasteiger charge is -2.52. The van der Waals surface area contributed by atoms with Crippen LogP contribution in [0.4, 0.5) is 10.5 Å². The number of imide groups is 1. The standard InChI is InChI=1S/C35H46N2O5Si/c1-22(2)43(23(3)4,24(5)6)42-31-20-29-30(36(25(31)7)35(40)41-21-26-14-10-8-11-15-26)19-18-28-32(29)34(39)37(33(28)38)27-16-12-9-13-17-27/h8-17,19,22-25,28-29,31-32H,18,20-21H2,1-7H3/t25-,28+,29-,31+,32+/m0/s1. The molecule has 0 bridgehead atoms. The van der Waals surface area contributed by atoms with Gasteiger partial charge in [-0.1, -0.05) is 96.1 Å². The minimum Gasteiger partial charge on any atom is -0.444 e. The van der Waals surface area contributed by atoms with Crippen molar-refractivity contribution >= 4 is 31.9 Å². The molecule has 5 rings (SSSR count). The lowest BCUT2D eigenvalue weighted by Crippen LogP contribution is -2.60. The molecule has 2 aromatic carbocycles. The minimum atomic E-state index is -2.34. The number of likely N-dealkylation sites (tertiary alicyclic amines) is 1. The molecule has 2 fully saturated rings. The molecule has 8 heteroatoms. The third-order valence-corrected chi connectivity index (χ3v) is 16.2. The number of hydrogen-bond donors (Lipinski definition) is 0. The first kappa shape index (κ1) is 31.2. The van der Waals surface area contributed by atoms with Crippen molar-refractivity contribution in [3.8, 4) is 0 Å². The van der Waals surface area contributed by atoms with Crippen molar-refractivity contribution in [3.05, 3.63) is 78.0 Å². The first-order valence-corrected chi connectivity index (χ1v) is 17.9. The monoisotopic (exact) mass is 602 g/mol. The summed E-state index contributed by atoms with van der Waals surface area (Å²) in [6, 6.07) is 18.5. The van der Waals surface area contributed by atoms with Crippen LogP contribution >= 0.6 is 0 Å². The predicted octanol–water partition coefficient (Wildman–Crippen LogP) is 7.69. The summed E-state index contributed by atoms with van der Waals surface area (Å²) in [6.45, 7) is 15.7. The quantitative estimate of drug-likeness (QED) is 0.229. The Kier molecular flexibility index (Phi) is 9.00. The smallest absolute Gasteiger partial charge is 0.414 e. The van der Waals surface area contributed by atoms with E-state index >= 15 is 0 Å². The van der Waals surface area contributed by atoms with Crippen LogP contribution in [-0.4, -0.2) is 43.3 Å². The van der Waals surface area contributed by atoms with Gasteiger partial charge in [-0.05, 0) is 54.1 Å². The van der Waals surface area contributed by atoms with E-state index in [1.807, 2.05) is 61.5 Å². The van der Waals surface area contributed by atoms with E-state index in [-0.39, 0.29) is 36.5 Å². The highest BCUT2D eigenvalue weighted by atomic mass is 28.4. The van der Waals surface area contributed by atoms with Crippen molar-refractivity contribution in [3.63, 3.8) is 0 Å². The number of allylic oxidation sites excluding steroid dienone is 2. The summed E-state index contributed by atoms with van der Waals surface area (Å²) in [5.74, 6) is -1.69. The fourth-order valence-electron chi connectivity index (χ4n) is 8.13. The lowest BCUT2D eigenvalue weighted by atomic mass is 9.70. The maximum Gasteiger partial charge on any atom is 0.414 e. The van der Waals surface area contributed by atoms with E-state index in [4.69, 9.17) is 9.16 Å². The SMILES string of the molecule is CC(C)[Si](O[C@@H]1C[C@H]2C(=CC[C@H]3C(=O)N(c4ccccc4)C(=O)[C@H]32)N(C(=O)OCc2ccccc2)[C@H]1C)(C(C)C)C(C)C. The Bertz CT molecular complexity index is 1340. The minimum absolute atomic E-state index is 0.153. The molecule has 43 heavy (non-hydrogen) atoms. The van der Waals surface area contributed by atoms with Gasteiger partial charge in [-0.15, -0.1) is 0 Å². The van der Waals surface area contributed by atoms with Crippen molar-refractivity contribution < 1.29 is 23.5 Å². The number of rotatable bonds is 8. The summed E-state index contributed by atoms with van der Waals surface area (Å²) in [5, 5.41) is 0. The Balaban J connectivity index is 1.52. The first-order valence-electron chi connectivity index (χ1n) is 15.8. The van der Waals surface area contributed by atoms with Gasteiger partial charge >= 0.3 is 6.09 Å². The molecule has 3 amide bonds. The fraction of sp³-hybridized carbons (Fsp3) is 0.514. The van der Waals surface area contributed by atoms with Gasteiger partial charge in [0, 0.05) is 11.6 Å². The van der Waals surface area contributed by atoms with Crippen LogP contribution in [0.25, 0.3) is 0 Å². The third kappa shape index (κ3) is 5.48. The van der Waals surface area contributed by atoms with Gasteiger partial charge < -0.3 is 9.16 Å². The van der Waals surface area contributed by atoms with E-state index in [0.717, 1.165) is 11.3 Å². The molecule has 0 N–H and O–H groups in total. The summed E-state index contributed by atoms with van der Waals surface area (Å²) in [6.07, 6.45) is 2.26. The van der Waals surface area contributed by atoms with Gasteiger partial charge in [-0.3, -0.25) is 19.4 Å². The van der Waals surface area contributed by atoms with Crippen LogP contribution in [0.1, 0.15) is 66.9 Å². The lowest BCUT2D eigenvalue weighted by molar-refractivity contribution is -0.123. The van der Waals surface area contributed by atoms with Crippen LogP contribution in [-0.2, 0) is 25.4 Å². The van der Waals surface area contributed by atoms with Crippen LogP contribution in [0, 0.1) is 17.8 Å². The number of carbonyl (C=O) groups excluding carboxylic acids is 3. The zero-order valence-corrected chi connectivity index (χ0v) is 27.5. The normalized spacial score (nSPS) is 25.7. The number of carbonyl (C=O) groups is 3. The highest BCUT2D eigenvalue weighted by Gasteiger charge is 2.58. The third-order valence-electron chi connectivity index (χ3n) is 10.1. The Morgan fingerprint density at radius 3 is 2.02 bits per heavy atom. The molecule has 7 nitrogen and oxygen atoms in total. The number of ether oxygens (including phenoxy) is 1. The second-order valence-corrected chi connectivity index (χ2v) is 18.7. The highest BCUT2D eigenvalue weighted by molar-refractivity contribution is 6.77. The Morgan fingerprint density at radius 2 is 1.44 bits per heavy atom. The Labute approximate surface area is 257 Å². The van der Waals surface area contributed by atoms with Gasteiger partial charge in [0.05, 0.1) is 29.7 Å². The van der Waals surface area contributed by atoms with E-state index in [0.29, 0.717) is 35.2 Å². The zero-order chi connectivity index (χ0) is 31.1. The van der Waals surface area contributed by atoms with Crippen molar-refractivity contribution in [2.24, 2.45) is 17.8 Å². The van der Waals surface area contributed by atoms with Gasteiger partial charge in [0.15, 0.2) is 0 Å². The van der Waals surface area contributed by atoms with Crippen molar-refractivity contribution in [1.82, 2.24) is 4.90 Å². The molecule has 0 radical (unpaired) electrons. The van der Waals surface area contributed by atoms with E-state index in [9.17, 15) is 14.4 Å². The van der Waals surface area contributed by atoms with Gasteiger partial charge in [-0.2, -0.15) is 0 Å². The summed E-state index contributed by atoms with van der Waals surface area (Å²) < 4.78 is 13.2. The highest BCUT2D eigenvalue weighted by Crippen LogP contribution is 2.51. The average Bonchev–Trinajstić information content (AvgIpc) is 3.24.